The van der Waals surface area contributed by atoms with Gasteiger partial charge >= 0.3 is 0 Å². The minimum atomic E-state index is -0.374. The standard InChI is InChI=1S/C20H18N4O2/c1-13-6-3-4-9-17(13)23-20-21-11-10-18(24-20)19(26)22-16-8-5-7-15(12-16)14(2)25/h3-12H,1-2H3,(H,22,26)(H,21,23,24). The lowest BCUT2D eigenvalue weighted by Gasteiger charge is -2.09. The molecule has 26 heavy (non-hydrogen) atoms. The second kappa shape index (κ2) is 7.57. The molecule has 0 unspecified atom stereocenters. The SMILES string of the molecule is CC(=O)c1cccc(NC(=O)c2ccnc(Nc3ccccc3C)n2)c1. The van der Waals surface area contributed by atoms with Crippen molar-refractivity contribution in [2.75, 3.05) is 10.6 Å². The molecule has 0 aliphatic carbocycles. The number of nitrogens with zero attached hydrogens (tertiary/aromatic N) is 2. The third kappa shape index (κ3) is 4.10. The van der Waals surface area contributed by atoms with Crippen LogP contribution < -0.4 is 10.6 Å². The third-order valence-electron chi connectivity index (χ3n) is 3.81. The van der Waals surface area contributed by atoms with Gasteiger partial charge in [-0.05, 0) is 43.7 Å². The lowest BCUT2D eigenvalue weighted by Crippen LogP contribution is -2.15. The fourth-order valence-corrected chi connectivity index (χ4v) is 2.39. The summed E-state index contributed by atoms with van der Waals surface area (Å²) in [5.74, 6) is -0.0989. The summed E-state index contributed by atoms with van der Waals surface area (Å²) in [4.78, 5) is 32.3. The summed E-state index contributed by atoms with van der Waals surface area (Å²) in [5.41, 5.74) is 3.22. The third-order valence-corrected chi connectivity index (χ3v) is 3.81. The Balaban J connectivity index is 1.77. The number of carbonyl (C=O) groups is 2. The Morgan fingerprint density at radius 1 is 1.00 bits per heavy atom. The number of carbonyl (C=O) groups excluding carboxylic acids is 2. The van der Waals surface area contributed by atoms with Crippen LogP contribution in [0.1, 0.15) is 33.3 Å². The number of nitrogens with one attached hydrogen (secondary N) is 2. The van der Waals surface area contributed by atoms with Gasteiger partial charge < -0.3 is 10.6 Å². The number of para-hydroxylation sites is 1. The predicted molar refractivity (Wildman–Crippen MR) is 101 cm³/mol. The van der Waals surface area contributed by atoms with E-state index in [-0.39, 0.29) is 17.4 Å². The quantitative estimate of drug-likeness (QED) is 0.683. The van der Waals surface area contributed by atoms with Crippen molar-refractivity contribution in [1.82, 2.24) is 9.97 Å². The molecule has 0 aliphatic rings. The van der Waals surface area contributed by atoms with E-state index in [1.54, 1.807) is 24.3 Å². The van der Waals surface area contributed by atoms with Crippen molar-refractivity contribution in [2.45, 2.75) is 13.8 Å². The first kappa shape index (κ1) is 17.3. The zero-order chi connectivity index (χ0) is 18.5. The molecule has 0 saturated carbocycles. The molecule has 0 aliphatic heterocycles. The van der Waals surface area contributed by atoms with E-state index < -0.39 is 0 Å². The van der Waals surface area contributed by atoms with E-state index in [0.29, 0.717) is 17.2 Å². The largest absolute Gasteiger partial charge is 0.324 e. The maximum absolute atomic E-state index is 12.5. The van der Waals surface area contributed by atoms with Crippen molar-refractivity contribution in [3.63, 3.8) is 0 Å². The molecule has 6 heteroatoms. The van der Waals surface area contributed by atoms with E-state index in [0.717, 1.165) is 11.3 Å². The highest BCUT2D eigenvalue weighted by molar-refractivity contribution is 6.04. The van der Waals surface area contributed by atoms with Crippen LogP contribution in [-0.2, 0) is 0 Å². The Morgan fingerprint density at radius 3 is 2.58 bits per heavy atom. The molecule has 6 nitrogen and oxygen atoms in total. The predicted octanol–water partition coefficient (Wildman–Crippen LogP) is 3.98. The van der Waals surface area contributed by atoms with Gasteiger partial charge in [-0.25, -0.2) is 9.97 Å². The number of anilines is 3. The van der Waals surface area contributed by atoms with Crippen LogP contribution in [0, 0.1) is 6.92 Å². The van der Waals surface area contributed by atoms with Crippen LogP contribution in [0.3, 0.4) is 0 Å². The Bertz CT molecular complexity index is 969. The summed E-state index contributed by atoms with van der Waals surface area (Å²) in [6.07, 6.45) is 1.52. The summed E-state index contributed by atoms with van der Waals surface area (Å²) in [6.45, 7) is 3.45. The molecule has 1 heterocycles. The average molecular weight is 346 g/mol. The topological polar surface area (TPSA) is 84.0 Å². The van der Waals surface area contributed by atoms with Gasteiger partial charge in [-0.15, -0.1) is 0 Å². The number of amides is 1. The lowest BCUT2D eigenvalue weighted by atomic mass is 10.1. The maximum Gasteiger partial charge on any atom is 0.274 e. The molecule has 2 N–H and O–H groups in total. The van der Waals surface area contributed by atoms with Crippen molar-refractivity contribution in [1.29, 1.82) is 0 Å². The van der Waals surface area contributed by atoms with Crippen molar-refractivity contribution in [3.05, 3.63) is 77.6 Å². The number of Topliss-reactive ketones (excluding diaryl/α,β-unsaturated/α-hetero) is 1. The van der Waals surface area contributed by atoms with E-state index in [2.05, 4.69) is 20.6 Å². The number of benzene rings is 2. The molecule has 0 atom stereocenters. The smallest absolute Gasteiger partial charge is 0.274 e. The molecular formula is C20H18N4O2. The van der Waals surface area contributed by atoms with Gasteiger partial charge in [-0.2, -0.15) is 0 Å². The number of aryl methyl sites for hydroxylation is 1. The second-order valence-electron chi connectivity index (χ2n) is 5.80. The first-order valence-corrected chi connectivity index (χ1v) is 8.11. The molecular weight excluding hydrogens is 328 g/mol. The zero-order valence-electron chi connectivity index (χ0n) is 14.5. The number of hydrogen-bond donors (Lipinski definition) is 2. The van der Waals surface area contributed by atoms with Gasteiger partial charge in [0.2, 0.25) is 5.95 Å². The Kier molecular flexibility index (Phi) is 5.03. The fourth-order valence-electron chi connectivity index (χ4n) is 2.39. The van der Waals surface area contributed by atoms with E-state index in [4.69, 9.17) is 0 Å². The molecule has 3 aromatic rings. The summed E-state index contributed by atoms with van der Waals surface area (Å²) >= 11 is 0. The Hall–Kier alpha value is -3.54. The highest BCUT2D eigenvalue weighted by Gasteiger charge is 2.11. The van der Waals surface area contributed by atoms with Crippen molar-refractivity contribution in [2.24, 2.45) is 0 Å². The maximum atomic E-state index is 12.5. The summed E-state index contributed by atoms with van der Waals surface area (Å²) in [6, 6.07) is 16.1. The molecule has 0 saturated heterocycles. The first-order valence-electron chi connectivity index (χ1n) is 8.11. The van der Waals surface area contributed by atoms with Crippen LogP contribution in [0.25, 0.3) is 0 Å². The Morgan fingerprint density at radius 2 is 1.81 bits per heavy atom. The van der Waals surface area contributed by atoms with Gasteiger partial charge in [0.1, 0.15) is 5.69 Å². The number of rotatable bonds is 5. The summed E-state index contributed by atoms with van der Waals surface area (Å²) < 4.78 is 0. The van der Waals surface area contributed by atoms with Crippen LogP contribution in [0.5, 0.6) is 0 Å². The van der Waals surface area contributed by atoms with Crippen LogP contribution in [0.4, 0.5) is 17.3 Å². The van der Waals surface area contributed by atoms with Gasteiger partial charge in [0.25, 0.3) is 5.91 Å². The average Bonchev–Trinajstić information content (AvgIpc) is 2.64. The van der Waals surface area contributed by atoms with Crippen LogP contribution in [-0.4, -0.2) is 21.7 Å². The van der Waals surface area contributed by atoms with E-state index >= 15 is 0 Å². The molecule has 1 aromatic heterocycles. The number of aromatic nitrogens is 2. The minimum Gasteiger partial charge on any atom is -0.324 e. The Labute approximate surface area is 151 Å². The molecule has 0 bridgehead atoms. The number of ketones is 1. The van der Waals surface area contributed by atoms with E-state index in [1.165, 1.54) is 19.2 Å². The summed E-state index contributed by atoms with van der Waals surface area (Å²) in [5, 5.41) is 5.86. The van der Waals surface area contributed by atoms with E-state index in [9.17, 15) is 9.59 Å². The molecule has 1 amide bonds. The van der Waals surface area contributed by atoms with Gasteiger partial charge in [-0.3, -0.25) is 9.59 Å². The monoisotopic (exact) mass is 346 g/mol. The lowest BCUT2D eigenvalue weighted by molar-refractivity contribution is 0.100. The van der Waals surface area contributed by atoms with Crippen molar-refractivity contribution in [3.8, 4) is 0 Å². The van der Waals surface area contributed by atoms with Gasteiger partial charge in [0.15, 0.2) is 5.78 Å². The fraction of sp³-hybridized carbons (Fsp3) is 0.100. The molecule has 0 radical (unpaired) electrons. The van der Waals surface area contributed by atoms with Crippen molar-refractivity contribution < 1.29 is 9.59 Å². The molecule has 0 spiro atoms. The summed E-state index contributed by atoms with van der Waals surface area (Å²) in [7, 11) is 0. The molecule has 2 aromatic carbocycles. The normalized spacial score (nSPS) is 10.2. The zero-order valence-corrected chi connectivity index (χ0v) is 14.5. The highest BCUT2D eigenvalue weighted by Crippen LogP contribution is 2.18. The first-order chi connectivity index (χ1) is 12.5. The number of hydrogen-bond acceptors (Lipinski definition) is 5. The van der Waals surface area contributed by atoms with Crippen LogP contribution >= 0.6 is 0 Å². The van der Waals surface area contributed by atoms with Gasteiger partial charge in [0, 0.05) is 23.1 Å². The van der Waals surface area contributed by atoms with Gasteiger partial charge in [-0.1, -0.05) is 30.3 Å². The highest BCUT2D eigenvalue weighted by atomic mass is 16.2. The van der Waals surface area contributed by atoms with Crippen molar-refractivity contribution >= 4 is 29.0 Å². The van der Waals surface area contributed by atoms with Crippen LogP contribution in [0.2, 0.25) is 0 Å². The van der Waals surface area contributed by atoms with Gasteiger partial charge in [0.05, 0.1) is 0 Å². The molecule has 0 fully saturated rings. The van der Waals surface area contributed by atoms with E-state index in [1.807, 2.05) is 31.2 Å². The second-order valence-corrected chi connectivity index (χ2v) is 5.80. The molecule has 130 valence electrons. The van der Waals surface area contributed by atoms with Crippen LogP contribution in [0.15, 0.2) is 60.8 Å². The molecule has 3 rings (SSSR count). The minimum absolute atomic E-state index is 0.0622.